The molecule has 0 saturated heterocycles. The largest absolute Gasteiger partial charge is 0.508 e. The van der Waals surface area contributed by atoms with Gasteiger partial charge in [-0.2, -0.15) is 0 Å². The van der Waals surface area contributed by atoms with Crippen molar-refractivity contribution in [2.24, 2.45) is 0 Å². The highest BCUT2D eigenvalue weighted by Gasteiger charge is 2.28. The first-order chi connectivity index (χ1) is 11.5. The van der Waals surface area contributed by atoms with Gasteiger partial charge in [0.05, 0.1) is 5.02 Å². The second kappa shape index (κ2) is 6.75. The standard InChI is InChI=1S/C19H20ClNO3/c1-2-8-21-9-7-14-15(10-17(23)19(24)18(14)20)16(11-21)12-3-5-13(22)6-4-12/h2-6,10,16,22-24H,1,7-9,11H2/t16-/m1/s1. The van der Waals surface area contributed by atoms with E-state index >= 15 is 0 Å². The molecule has 5 heteroatoms. The van der Waals surface area contributed by atoms with Crippen LogP contribution in [0.25, 0.3) is 0 Å². The maximum atomic E-state index is 10.0. The lowest BCUT2D eigenvalue weighted by molar-refractivity contribution is 0.306. The Hall–Kier alpha value is -2.17. The Labute approximate surface area is 146 Å². The molecule has 0 aromatic heterocycles. The van der Waals surface area contributed by atoms with E-state index in [0.717, 1.165) is 36.3 Å². The van der Waals surface area contributed by atoms with Crippen molar-refractivity contribution in [1.29, 1.82) is 0 Å². The summed E-state index contributed by atoms with van der Waals surface area (Å²) in [6, 6.07) is 8.66. The molecule has 3 rings (SSSR count). The van der Waals surface area contributed by atoms with Gasteiger partial charge in [-0.25, -0.2) is 0 Å². The molecule has 2 aromatic carbocycles. The molecule has 2 aromatic rings. The fourth-order valence-corrected chi connectivity index (χ4v) is 3.61. The van der Waals surface area contributed by atoms with Gasteiger partial charge in [0.2, 0.25) is 0 Å². The van der Waals surface area contributed by atoms with Crippen molar-refractivity contribution in [3.05, 3.63) is 64.7 Å². The predicted molar refractivity (Wildman–Crippen MR) is 95.1 cm³/mol. The maximum Gasteiger partial charge on any atom is 0.176 e. The molecular formula is C19H20ClNO3. The molecule has 0 bridgehead atoms. The third-order valence-corrected chi connectivity index (χ3v) is 4.94. The van der Waals surface area contributed by atoms with Gasteiger partial charge in [0.25, 0.3) is 0 Å². The number of hydrogen-bond acceptors (Lipinski definition) is 4. The van der Waals surface area contributed by atoms with E-state index in [9.17, 15) is 15.3 Å². The predicted octanol–water partition coefficient (Wildman–Crippen LogP) is 3.63. The Morgan fingerprint density at radius 2 is 1.92 bits per heavy atom. The van der Waals surface area contributed by atoms with Crippen LogP contribution >= 0.6 is 11.6 Å². The Morgan fingerprint density at radius 1 is 1.21 bits per heavy atom. The number of halogens is 1. The van der Waals surface area contributed by atoms with E-state index in [-0.39, 0.29) is 28.2 Å². The normalized spacial score (nSPS) is 18.0. The van der Waals surface area contributed by atoms with Crippen molar-refractivity contribution in [3.8, 4) is 17.2 Å². The van der Waals surface area contributed by atoms with Crippen molar-refractivity contribution in [2.75, 3.05) is 19.6 Å². The molecule has 1 aliphatic rings. The maximum absolute atomic E-state index is 10.0. The summed E-state index contributed by atoms with van der Waals surface area (Å²) < 4.78 is 0. The topological polar surface area (TPSA) is 63.9 Å². The van der Waals surface area contributed by atoms with Gasteiger partial charge < -0.3 is 15.3 Å². The second-order valence-electron chi connectivity index (χ2n) is 6.07. The van der Waals surface area contributed by atoms with Crippen LogP contribution in [-0.4, -0.2) is 39.9 Å². The van der Waals surface area contributed by atoms with E-state index in [4.69, 9.17) is 11.6 Å². The number of rotatable bonds is 3. The van der Waals surface area contributed by atoms with E-state index in [0.29, 0.717) is 6.42 Å². The molecule has 0 unspecified atom stereocenters. The van der Waals surface area contributed by atoms with Gasteiger partial charge in [-0.15, -0.1) is 6.58 Å². The lowest BCUT2D eigenvalue weighted by atomic mass is 9.87. The molecule has 4 nitrogen and oxygen atoms in total. The molecule has 1 atom stereocenters. The van der Waals surface area contributed by atoms with Crippen molar-refractivity contribution >= 4 is 11.6 Å². The van der Waals surface area contributed by atoms with Gasteiger partial charge in [-0.1, -0.05) is 29.8 Å². The van der Waals surface area contributed by atoms with Crippen LogP contribution < -0.4 is 0 Å². The first-order valence-electron chi connectivity index (χ1n) is 7.86. The molecule has 0 fully saturated rings. The number of aromatic hydroxyl groups is 3. The van der Waals surface area contributed by atoms with Crippen molar-refractivity contribution in [3.63, 3.8) is 0 Å². The average molecular weight is 346 g/mol. The van der Waals surface area contributed by atoms with Crippen molar-refractivity contribution in [1.82, 2.24) is 4.90 Å². The van der Waals surface area contributed by atoms with Gasteiger partial charge in [0.15, 0.2) is 11.5 Å². The van der Waals surface area contributed by atoms with Gasteiger partial charge in [0.1, 0.15) is 5.75 Å². The molecule has 3 N–H and O–H groups in total. The quantitative estimate of drug-likeness (QED) is 0.587. The lowest BCUT2D eigenvalue weighted by Crippen LogP contribution is -2.28. The van der Waals surface area contributed by atoms with E-state index in [1.807, 2.05) is 18.2 Å². The highest BCUT2D eigenvalue weighted by Crippen LogP contribution is 2.43. The number of phenols is 3. The van der Waals surface area contributed by atoms with Crippen LogP contribution in [0.3, 0.4) is 0 Å². The minimum atomic E-state index is -0.267. The zero-order chi connectivity index (χ0) is 17.3. The number of nitrogens with zero attached hydrogens (tertiary/aromatic N) is 1. The molecule has 1 aliphatic heterocycles. The number of fused-ring (bicyclic) bond motifs is 1. The average Bonchev–Trinajstić information content (AvgIpc) is 2.74. The summed E-state index contributed by atoms with van der Waals surface area (Å²) in [5.74, 6) is -0.286. The number of hydrogen-bond donors (Lipinski definition) is 3. The molecule has 0 saturated carbocycles. The summed E-state index contributed by atoms with van der Waals surface area (Å²) in [5.41, 5.74) is 2.79. The Balaban J connectivity index is 2.13. The molecule has 0 radical (unpaired) electrons. The molecular weight excluding hydrogens is 326 g/mol. The fourth-order valence-electron chi connectivity index (χ4n) is 3.31. The lowest BCUT2D eigenvalue weighted by Gasteiger charge is -2.24. The summed E-state index contributed by atoms with van der Waals surface area (Å²) in [6.07, 6.45) is 2.55. The van der Waals surface area contributed by atoms with Crippen LogP contribution in [0, 0.1) is 0 Å². The second-order valence-corrected chi connectivity index (χ2v) is 6.45. The Bertz CT molecular complexity index is 758. The highest BCUT2D eigenvalue weighted by molar-refractivity contribution is 6.33. The van der Waals surface area contributed by atoms with Crippen LogP contribution in [0.15, 0.2) is 43.0 Å². The van der Waals surface area contributed by atoms with E-state index in [1.54, 1.807) is 18.2 Å². The number of benzene rings is 2. The first kappa shape index (κ1) is 16.7. The fraction of sp³-hybridized carbons (Fsp3) is 0.263. The molecule has 24 heavy (non-hydrogen) atoms. The van der Waals surface area contributed by atoms with Crippen molar-refractivity contribution < 1.29 is 15.3 Å². The summed E-state index contributed by atoms with van der Waals surface area (Å²) in [4.78, 5) is 2.26. The zero-order valence-corrected chi connectivity index (χ0v) is 14.0. The van der Waals surface area contributed by atoms with Crippen LogP contribution in [-0.2, 0) is 6.42 Å². The van der Waals surface area contributed by atoms with E-state index in [1.165, 1.54) is 0 Å². The third kappa shape index (κ3) is 3.07. The summed E-state index contributed by atoms with van der Waals surface area (Å²) in [7, 11) is 0. The van der Waals surface area contributed by atoms with Gasteiger partial charge in [0, 0.05) is 25.6 Å². The van der Waals surface area contributed by atoms with Crippen LogP contribution in [0.1, 0.15) is 22.6 Å². The molecule has 0 amide bonds. The molecule has 0 aliphatic carbocycles. The summed E-state index contributed by atoms with van der Waals surface area (Å²) in [6.45, 7) is 6.09. The smallest absolute Gasteiger partial charge is 0.176 e. The zero-order valence-electron chi connectivity index (χ0n) is 13.2. The van der Waals surface area contributed by atoms with Crippen LogP contribution in [0.5, 0.6) is 17.2 Å². The Kier molecular flexibility index (Phi) is 4.69. The summed E-state index contributed by atoms with van der Waals surface area (Å²) >= 11 is 6.30. The van der Waals surface area contributed by atoms with Crippen LogP contribution in [0.4, 0.5) is 0 Å². The van der Waals surface area contributed by atoms with Gasteiger partial charge in [-0.3, -0.25) is 4.90 Å². The Morgan fingerprint density at radius 3 is 2.58 bits per heavy atom. The summed E-state index contributed by atoms with van der Waals surface area (Å²) in [5, 5.41) is 29.8. The highest BCUT2D eigenvalue weighted by atomic mass is 35.5. The van der Waals surface area contributed by atoms with Gasteiger partial charge in [-0.05, 0) is 41.3 Å². The third-order valence-electron chi connectivity index (χ3n) is 4.53. The van der Waals surface area contributed by atoms with Gasteiger partial charge >= 0.3 is 0 Å². The molecule has 1 heterocycles. The monoisotopic (exact) mass is 345 g/mol. The number of phenolic OH excluding ortho intramolecular Hbond substituents is 3. The molecule has 0 spiro atoms. The minimum Gasteiger partial charge on any atom is -0.508 e. The van der Waals surface area contributed by atoms with E-state index < -0.39 is 0 Å². The van der Waals surface area contributed by atoms with E-state index in [2.05, 4.69) is 11.5 Å². The molecule has 126 valence electrons. The van der Waals surface area contributed by atoms with Crippen molar-refractivity contribution in [2.45, 2.75) is 12.3 Å². The SMILES string of the molecule is C=CCN1CCc2c(cc(O)c(O)c2Cl)[C@@H](c2ccc(O)cc2)C1. The minimum absolute atomic E-state index is 0.0213. The first-order valence-corrected chi connectivity index (χ1v) is 8.24. The van der Waals surface area contributed by atoms with Crippen LogP contribution in [0.2, 0.25) is 5.02 Å².